The van der Waals surface area contributed by atoms with Gasteiger partial charge in [-0.3, -0.25) is 0 Å². The molecule has 0 unspecified atom stereocenters. The fourth-order valence-corrected chi connectivity index (χ4v) is 1.89. The molecule has 3 aromatic rings. The summed E-state index contributed by atoms with van der Waals surface area (Å²) in [4.78, 5) is 17.2. The number of nitrogens with two attached hydrogens (primary N) is 1. The Labute approximate surface area is 116 Å². The minimum Gasteiger partial charge on any atom is -0.368 e. The number of benzene rings is 1. The topological polar surface area (TPSA) is 77.6 Å². The summed E-state index contributed by atoms with van der Waals surface area (Å²) in [6, 6.07) is 15.4. The van der Waals surface area contributed by atoms with Gasteiger partial charge in [-0.05, 0) is 19.1 Å². The first-order chi connectivity index (χ1) is 9.72. The molecular formula is C15H13N5. The van der Waals surface area contributed by atoms with E-state index in [0.717, 1.165) is 11.3 Å². The lowest BCUT2D eigenvalue weighted by Crippen LogP contribution is -2.03. The molecule has 5 heteroatoms. The van der Waals surface area contributed by atoms with Crippen LogP contribution in [-0.4, -0.2) is 19.9 Å². The first kappa shape index (κ1) is 12.2. The zero-order chi connectivity index (χ0) is 13.9. The number of aryl methyl sites for hydroxylation is 1. The highest BCUT2D eigenvalue weighted by Crippen LogP contribution is 2.19. The molecule has 0 atom stereocenters. The molecule has 0 amide bonds. The lowest BCUT2D eigenvalue weighted by atomic mass is 10.2. The fourth-order valence-electron chi connectivity index (χ4n) is 1.89. The number of nitrogens with zero attached hydrogens (tertiary/aromatic N) is 4. The summed E-state index contributed by atoms with van der Waals surface area (Å²) in [6.07, 6.45) is 0. The molecule has 1 aromatic carbocycles. The molecule has 2 aromatic heterocycles. The predicted molar refractivity (Wildman–Crippen MR) is 77.6 cm³/mol. The Hall–Kier alpha value is -2.82. The summed E-state index contributed by atoms with van der Waals surface area (Å²) < 4.78 is 0. The highest BCUT2D eigenvalue weighted by Gasteiger charge is 2.09. The normalized spacial score (nSPS) is 10.4. The average Bonchev–Trinajstić information content (AvgIpc) is 2.47. The Morgan fingerprint density at radius 3 is 2.25 bits per heavy atom. The SMILES string of the molecule is Cc1cccc(-c2nc(N)nc(-c3ccccc3)n2)n1. The van der Waals surface area contributed by atoms with Crippen LogP contribution in [0.25, 0.3) is 22.9 Å². The molecule has 0 fully saturated rings. The quantitative estimate of drug-likeness (QED) is 0.768. The molecule has 0 saturated heterocycles. The van der Waals surface area contributed by atoms with E-state index in [-0.39, 0.29) is 5.95 Å². The van der Waals surface area contributed by atoms with Gasteiger partial charge in [0.05, 0.1) is 0 Å². The highest BCUT2D eigenvalue weighted by molar-refractivity contribution is 5.60. The Morgan fingerprint density at radius 2 is 1.50 bits per heavy atom. The zero-order valence-electron chi connectivity index (χ0n) is 11.0. The minimum atomic E-state index is 0.192. The molecule has 2 N–H and O–H groups in total. The van der Waals surface area contributed by atoms with Crippen LogP contribution < -0.4 is 5.73 Å². The minimum absolute atomic E-state index is 0.192. The maximum absolute atomic E-state index is 5.78. The smallest absolute Gasteiger partial charge is 0.224 e. The van der Waals surface area contributed by atoms with Gasteiger partial charge in [0.1, 0.15) is 5.69 Å². The molecule has 0 aliphatic carbocycles. The van der Waals surface area contributed by atoms with Crippen LogP contribution in [0.3, 0.4) is 0 Å². The van der Waals surface area contributed by atoms with E-state index in [1.807, 2.05) is 55.5 Å². The van der Waals surface area contributed by atoms with Crippen molar-refractivity contribution in [2.75, 3.05) is 5.73 Å². The molecule has 0 spiro atoms. The summed E-state index contributed by atoms with van der Waals surface area (Å²) in [5, 5.41) is 0. The Morgan fingerprint density at radius 1 is 0.750 bits per heavy atom. The van der Waals surface area contributed by atoms with Crippen molar-refractivity contribution in [3.05, 3.63) is 54.2 Å². The Bertz CT molecular complexity index is 740. The van der Waals surface area contributed by atoms with Crippen LogP contribution in [0, 0.1) is 6.92 Å². The van der Waals surface area contributed by atoms with Crippen LogP contribution in [0.2, 0.25) is 0 Å². The maximum Gasteiger partial charge on any atom is 0.224 e. The summed E-state index contributed by atoms with van der Waals surface area (Å²) in [5.41, 5.74) is 8.28. The molecule has 98 valence electrons. The van der Waals surface area contributed by atoms with Crippen molar-refractivity contribution in [3.8, 4) is 22.9 Å². The van der Waals surface area contributed by atoms with Gasteiger partial charge in [-0.1, -0.05) is 36.4 Å². The molecule has 5 nitrogen and oxygen atoms in total. The molecule has 0 saturated carbocycles. The molecule has 2 heterocycles. The van der Waals surface area contributed by atoms with Gasteiger partial charge in [-0.2, -0.15) is 9.97 Å². The van der Waals surface area contributed by atoms with Crippen LogP contribution in [0.15, 0.2) is 48.5 Å². The van der Waals surface area contributed by atoms with E-state index in [9.17, 15) is 0 Å². The van der Waals surface area contributed by atoms with Crippen LogP contribution >= 0.6 is 0 Å². The largest absolute Gasteiger partial charge is 0.368 e. The van der Waals surface area contributed by atoms with Crippen molar-refractivity contribution in [1.29, 1.82) is 0 Å². The molecule has 0 aliphatic rings. The number of rotatable bonds is 2. The van der Waals surface area contributed by atoms with Crippen LogP contribution in [0.5, 0.6) is 0 Å². The second kappa shape index (κ2) is 5.05. The summed E-state index contributed by atoms with van der Waals surface area (Å²) in [7, 11) is 0. The van der Waals surface area contributed by atoms with E-state index in [1.165, 1.54) is 0 Å². The Kier molecular flexibility index (Phi) is 3.09. The van der Waals surface area contributed by atoms with Crippen molar-refractivity contribution < 1.29 is 0 Å². The predicted octanol–water partition coefficient (Wildman–Crippen LogP) is 2.49. The standard InChI is InChI=1S/C15H13N5/c1-10-6-5-9-12(17-10)14-18-13(19-15(16)20-14)11-7-3-2-4-8-11/h2-9H,1H3,(H2,16,18,19,20). The van der Waals surface area contributed by atoms with Gasteiger partial charge in [-0.25, -0.2) is 9.97 Å². The fraction of sp³-hybridized carbons (Fsp3) is 0.0667. The van der Waals surface area contributed by atoms with E-state index < -0.39 is 0 Å². The third-order valence-electron chi connectivity index (χ3n) is 2.80. The molecule has 20 heavy (non-hydrogen) atoms. The van der Waals surface area contributed by atoms with Gasteiger partial charge in [0.25, 0.3) is 0 Å². The van der Waals surface area contributed by atoms with Crippen molar-refractivity contribution in [3.63, 3.8) is 0 Å². The van der Waals surface area contributed by atoms with Crippen molar-refractivity contribution in [2.45, 2.75) is 6.92 Å². The second-order valence-corrected chi connectivity index (χ2v) is 4.37. The number of hydrogen-bond donors (Lipinski definition) is 1. The first-order valence-electron chi connectivity index (χ1n) is 6.23. The molecule has 0 bridgehead atoms. The van der Waals surface area contributed by atoms with Crippen LogP contribution in [0.4, 0.5) is 5.95 Å². The van der Waals surface area contributed by atoms with Gasteiger partial charge in [0.2, 0.25) is 5.95 Å². The van der Waals surface area contributed by atoms with Gasteiger partial charge < -0.3 is 5.73 Å². The number of nitrogen functional groups attached to an aromatic ring is 1. The van der Waals surface area contributed by atoms with Gasteiger partial charge in [0.15, 0.2) is 11.6 Å². The zero-order valence-corrected chi connectivity index (χ0v) is 11.0. The third-order valence-corrected chi connectivity index (χ3v) is 2.80. The summed E-state index contributed by atoms with van der Waals surface area (Å²) in [6.45, 7) is 1.92. The molecular weight excluding hydrogens is 250 g/mol. The van der Waals surface area contributed by atoms with Gasteiger partial charge in [-0.15, -0.1) is 0 Å². The summed E-state index contributed by atoms with van der Waals surface area (Å²) in [5.74, 6) is 1.23. The average molecular weight is 263 g/mol. The molecule has 0 aliphatic heterocycles. The summed E-state index contributed by atoms with van der Waals surface area (Å²) >= 11 is 0. The lowest BCUT2D eigenvalue weighted by Gasteiger charge is -2.05. The van der Waals surface area contributed by atoms with E-state index >= 15 is 0 Å². The van der Waals surface area contributed by atoms with E-state index in [4.69, 9.17) is 5.73 Å². The van der Waals surface area contributed by atoms with E-state index in [2.05, 4.69) is 19.9 Å². The molecule has 0 radical (unpaired) electrons. The van der Waals surface area contributed by atoms with Crippen molar-refractivity contribution >= 4 is 5.95 Å². The third kappa shape index (κ3) is 2.47. The van der Waals surface area contributed by atoms with Gasteiger partial charge >= 0.3 is 0 Å². The van der Waals surface area contributed by atoms with E-state index in [0.29, 0.717) is 17.3 Å². The van der Waals surface area contributed by atoms with Gasteiger partial charge in [0, 0.05) is 11.3 Å². The lowest BCUT2D eigenvalue weighted by molar-refractivity contribution is 1.06. The number of hydrogen-bond acceptors (Lipinski definition) is 5. The molecule has 3 rings (SSSR count). The van der Waals surface area contributed by atoms with Crippen LogP contribution in [0.1, 0.15) is 5.69 Å². The maximum atomic E-state index is 5.78. The first-order valence-corrected chi connectivity index (χ1v) is 6.23. The highest BCUT2D eigenvalue weighted by atomic mass is 15.1. The number of pyridine rings is 1. The second-order valence-electron chi connectivity index (χ2n) is 4.37. The Balaban J connectivity index is 2.12. The van der Waals surface area contributed by atoms with Crippen LogP contribution in [-0.2, 0) is 0 Å². The van der Waals surface area contributed by atoms with E-state index in [1.54, 1.807) is 0 Å². The number of aromatic nitrogens is 4. The monoisotopic (exact) mass is 263 g/mol. The number of anilines is 1. The van der Waals surface area contributed by atoms with Crippen molar-refractivity contribution in [1.82, 2.24) is 19.9 Å². The van der Waals surface area contributed by atoms with Crippen molar-refractivity contribution in [2.24, 2.45) is 0 Å².